The number of fused-ring (bicyclic) bond motifs is 1. The predicted molar refractivity (Wildman–Crippen MR) is 77.0 cm³/mol. The van der Waals surface area contributed by atoms with Crippen molar-refractivity contribution in [3.05, 3.63) is 18.2 Å². The summed E-state index contributed by atoms with van der Waals surface area (Å²) in [7, 11) is 0. The van der Waals surface area contributed by atoms with Crippen LogP contribution < -0.4 is 5.73 Å². The molecule has 1 atom stereocenters. The first-order valence-corrected chi connectivity index (χ1v) is 7.22. The highest BCUT2D eigenvalue weighted by atomic mass is 15.3. The summed E-state index contributed by atoms with van der Waals surface area (Å²) in [5, 5.41) is 4.30. The van der Waals surface area contributed by atoms with Crippen molar-refractivity contribution in [2.75, 3.05) is 5.73 Å². The molecule has 0 aromatic carbocycles. The minimum absolute atomic E-state index is 0.449. The summed E-state index contributed by atoms with van der Waals surface area (Å²) < 4.78 is 1.86. The van der Waals surface area contributed by atoms with E-state index in [0.29, 0.717) is 17.4 Å². The van der Waals surface area contributed by atoms with Crippen molar-refractivity contribution in [1.82, 2.24) is 19.6 Å². The quantitative estimate of drug-likeness (QED) is 0.777. The maximum Gasteiger partial charge on any atom is 0.196 e. The number of imidazole rings is 1. The normalized spacial score (nSPS) is 12.9. The van der Waals surface area contributed by atoms with Crippen molar-refractivity contribution in [3.8, 4) is 0 Å². The molecule has 2 aromatic heterocycles. The van der Waals surface area contributed by atoms with Crippen LogP contribution in [-0.2, 0) is 0 Å². The van der Waals surface area contributed by atoms with Gasteiger partial charge in [0, 0.05) is 5.92 Å². The zero-order chi connectivity index (χ0) is 13.7. The largest absolute Gasteiger partial charge is 0.381 e. The van der Waals surface area contributed by atoms with Crippen LogP contribution in [0.2, 0.25) is 0 Å². The van der Waals surface area contributed by atoms with Crippen LogP contribution in [0.3, 0.4) is 0 Å². The standard InChI is InChI=1S/C14H23N5/c1-3-5-6-8-11(7-4-2)12-9-16-14-13(15)17-10-18-19(12)14/h9-11H,3-8H2,1-2H3,(H2,15,17,18). The number of nitrogens with two attached hydrogens (primary N) is 1. The first-order valence-electron chi connectivity index (χ1n) is 7.22. The van der Waals surface area contributed by atoms with Gasteiger partial charge >= 0.3 is 0 Å². The lowest BCUT2D eigenvalue weighted by molar-refractivity contribution is 0.510. The molecule has 0 amide bonds. The molecule has 2 rings (SSSR count). The van der Waals surface area contributed by atoms with Crippen LogP contribution >= 0.6 is 0 Å². The second-order valence-corrected chi connectivity index (χ2v) is 5.05. The van der Waals surface area contributed by atoms with Crippen molar-refractivity contribution < 1.29 is 0 Å². The molecular weight excluding hydrogens is 238 g/mol. The Kier molecular flexibility index (Phi) is 4.71. The summed E-state index contributed by atoms with van der Waals surface area (Å²) in [5.74, 6) is 0.964. The molecule has 0 bridgehead atoms. The van der Waals surface area contributed by atoms with Crippen LogP contribution in [0.25, 0.3) is 5.65 Å². The van der Waals surface area contributed by atoms with Gasteiger partial charge in [-0.1, -0.05) is 39.5 Å². The molecule has 2 heterocycles. The number of hydrogen-bond acceptors (Lipinski definition) is 4. The predicted octanol–water partition coefficient (Wildman–Crippen LogP) is 3.17. The van der Waals surface area contributed by atoms with Gasteiger partial charge < -0.3 is 5.73 Å². The summed E-state index contributed by atoms with van der Waals surface area (Å²) in [6, 6.07) is 0. The lowest BCUT2D eigenvalue weighted by Crippen LogP contribution is -2.07. The Bertz CT molecular complexity index is 520. The Morgan fingerprint density at radius 3 is 2.74 bits per heavy atom. The highest BCUT2D eigenvalue weighted by Crippen LogP contribution is 2.28. The molecular formula is C14H23N5. The molecule has 0 saturated heterocycles. The zero-order valence-electron chi connectivity index (χ0n) is 11.8. The van der Waals surface area contributed by atoms with E-state index in [-0.39, 0.29) is 0 Å². The summed E-state index contributed by atoms with van der Waals surface area (Å²) >= 11 is 0. The van der Waals surface area contributed by atoms with E-state index >= 15 is 0 Å². The highest BCUT2D eigenvalue weighted by Gasteiger charge is 2.17. The average molecular weight is 261 g/mol. The number of aromatic nitrogens is 4. The van der Waals surface area contributed by atoms with Gasteiger partial charge in [-0.2, -0.15) is 5.10 Å². The van der Waals surface area contributed by atoms with E-state index in [1.54, 1.807) is 0 Å². The van der Waals surface area contributed by atoms with E-state index in [0.717, 1.165) is 0 Å². The maximum atomic E-state index is 5.83. The third-order valence-electron chi connectivity index (χ3n) is 3.57. The molecule has 1 unspecified atom stereocenters. The Balaban J connectivity index is 2.25. The minimum atomic E-state index is 0.449. The molecule has 0 spiro atoms. The summed E-state index contributed by atoms with van der Waals surface area (Å²) in [5.41, 5.74) is 7.67. The van der Waals surface area contributed by atoms with Gasteiger partial charge in [-0.15, -0.1) is 0 Å². The van der Waals surface area contributed by atoms with Gasteiger partial charge in [-0.3, -0.25) is 0 Å². The molecule has 5 nitrogen and oxygen atoms in total. The van der Waals surface area contributed by atoms with Crippen LogP contribution in [0.1, 0.15) is 64.0 Å². The van der Waals surface area contributed by atoms with Crippen molar-refractivity contribution in [1.29, 1.82) is 0 Å². The number of nitrogens with zero attached hydrogens (tertiary/aromatic N) is 4. The van der Waals surface area contributed by atoms with Gasteiger partial charge in [0.25, 0.3) is 0 Å². The molecule has 19 heavy (non-hydrogen) atoms. The van der Waals surface area contributed by atoms with E-state index in [1.807, 2.05) is 10.7 Å². The Morgan fingerprint density at radius 1 is 1.16 bits per heavy atom. The molecule has 5 heteroatoms. The smallest absolute Gasteiger partial charge is 0.196 e. The molecule has 0 saturated carbocycles. The first kappa shape index (κ1) is 13.8. The monoisotopic (exact) mass is 261 g/mol. The van der Waals surface area contributed by atoms with E-state index < -0.39 is 0 Å². The molecule has 0 aliphatic carbocycles. The van der Waals surface area contributed by atoms with Gasteiger partial charge in [0.1, 0.15) is 6.33 Å². The molecule has 104 valence electrons. The van der Waals surface area contributed by atoms with Crippen molar-refractivity contribution in [2.45, 2.75) is 58.3 Å². The maximum absolute atomic E-state index is 5.83. The number of nitrogen functional groups attached to an aromatic ring is 1. The molecule has 0 fully saturated rings. The Morgan fingerprint density at radius 2 is 2.00 bits per heavy atom. The Labute approximate surface area is 114 Å². The van der Waals surface area contributed by atoms with Crippen LogP contribution in [-0.4, -0.2) is 19.6 Å². The van der Waals surface area contributed by atoms with Gasteiger partial charge in [0.2, 0.25) is 0 Å². The number of hydrogen-bond donors (Lipinski definition) is 1. The highest BCUT2D eigenvalue weighted by molar-refractivity contribution is 5.58. The molecule has 0 aliphatic heterocycles. The molecule has 0 aliphatic rings. The Hall–Kier alpha value is -1.65. The SMILES string of the molecule is CCCCCC(CCC)c1cnc2c(N)ncnn12. The van der Waals surface area contributed by atoms with Crippen molar-refractivity contribution >= 4 is 11.5 Å². The van der Waals surface area contributed by atoms with Crippen LogP contribution in [0.4, 0.5) is 5.82 Å². The average Bonchev–Trinajstić information content (AvgIpc) is 2.83. The second kappa shape index (κ2) is 6.50. The van der Waals surface area contributed by atoms with E-state index in [2.05, 4.69) is 28.9 Å². The van der Waals surface area contributed by atoms with Gasteiger partial charge in [0.15, 0.2) is 11.5 Å². The van der Waals surface area contributed by atoms with E-state index in [4.69, 9.17) is 5.73 Å². The fraction of sp³-hybridized carbons (Fsp3) is 0.643. The van der Waals surface area contributed by atoms with Crippen LogP contribution in [0.5, 0.6) is 0 Å². The number of rotatable bonds is 7. The molecule has 2 N–H and O–H groups in total. The van der Waals surface area contributed by atoms with Gasteiger partial charge in [-0.25, -0.2) is 14.5 Å². The summed E-state index contributed by atoms with van der Waals surface area (Å²) in [6.07, 6.45) is 10.7. The van der Waals surface area contributed by atoms with Crippen molar-refractivity contribution in [3.63, 3.8) is 0 Å². The zero-order valence-corrected chi connectivity index (χ0v) is 11.8. The number of anilines is 1. The third kappa shape index (κ3) is 3.03. The summed E-state index contributed by atoms with van der Waals surface area (Å²) in [4.78, 5) is 8.35. The summed E-state index contributed by atoms with van der Waals surface area (Å²) in [6.45, 7) is 4.45. The second-order valence-electron chi connectivity index (χ2n) is 5.05. The topological polar surface area (TPSA) is 69.1 Å². The van der Waals surface area contributed by atoms with Crippen LogP contribution in [0, 0.1) is 0 Å². The lowest BCUT2D eigenvalue weighted by Gasteiger charge is -2.15. The fourth-order valence-corrected chi connectivity index (χ4v) is 2.56. The molecule has 2 aromatic rings. The van der Waals surface area contributed by atoms with Crippen molar-refractivity contribution in [2.24, 2.45) is 0 Å². The van der Waals surface area contributed by atoms with Gasteiger partial charge in [-0.05, 0) is 12.8 Å². The van der Waals surface area contributed by atoms with Gasteiger partial charge in [0.05, 0.1) is 11.9 Å². The van der Waals surface area contributed by atoms with E-state index in [9.17, 15) is 0 Å². The fourth-order valence-electron chi connectivity index (χ4n) is 2.56. The number of unbranched alkanes of at least 4 members (excludes halogenated alkanes) is 2. The first-order chi connectivity index (χ1) is 9.27. The lowest BCUT2D eigenvalue weighted by atomic mass is 9.94. The van der Waals surface area contributed by atoms with E-state index in [1.165, 1.54) is 50.5 Å². The minimum Gasteiger partial charge on any atom is -0.381 e. The molecule has 0 radical (unpaired) electrons. The third-order valence-corrected chi connectivity index (χ3v) is 3.57. The van der Waals surface area contributed by atoms with Crippen LogP contribution in [0.15, 0.2) is 12.5 Å².